The first-order chi connectivity index (χ1) is 12.9. The number of hydrogen-bond acceptors (Lipinski definition) is 7. The van der Waals surface area contributed by atoms with Crippen LogP contribution in [0.3, 0.4) is 0 Å². The molecule has 1 N–H and O–H groups in total. The second-order valence-corrected chi connectivity index (χ2v) is 7.70. The van der Waals surface area contributed by atoms with E-state index in [-0.39, 0.29) is 22.0 Å². The number of halogens is 3. The highest BCUT2D eigenvalue weighted by atomic mass is 32.2. The quantitative estimate of drug-likeness (QED) is 0.670. The zero-order chi connectivity index (χ0) is 20.7. The van der Waals surface area contributed by atoms with E-state index < -0.39 is 40.1 Å². The number of alkyl halides is 3. The van der Waals surface area contributed by atoms with Crippen LogP contribution in [0.4, 0.5) is 13.2 Å². The highest BCUT2D eigenvalue weighted by molar-refractivity contribution is 7.90. The van der Waals surface area contributed by atoms with Crippen molar-refractivity contribution in [2.24, 2.45) is 0 Å². The van der Waals surface area contributed by atoms with Gasteiger partial charge in [-0.2, -0.15) is 23.3 Å². The molecule has 0 aliphatic carbocycles. The van der Waals surface area contributed by atoms with E-state index in [2.05, 4.69) is 15.2 Å². The Bertz CT molecular complexity index is 1150. The lowest BCUT2D eigenvalue weighted by molar-refractivity contribution is -0.143. The van der Waals surface area contributed by atoms with Gasteiger partial charge < -0.3 is 9.63 Å². The van der Waals surface area contributed by atoms with Crippen LogP contribution in [0.15, 0.2) is 39.8 Å². The van der Waals surface area contributed by atoms with Gasteiger partial charge in [-0.3, -0.25) is 4.79 Å². The van der Waals surface area contributed by atoms with E-state index >= 15 is 0 Å². The van der Waals surface area contributed by atoms with Crippen LogP contribution in [0.1, 0.15) is 5.69 Å². The fraction of sp³-hybridized carbons (Fsp3) is 0.200. The highest BCUT2D eigenvalue weighted by Crippen LogP contribution is 2.32. The van der Waals surface area contributed by atoms with E-state index in [0.717, 1.165) is 6.26 Å². The second kappa shape index (κ2) is 6.74. The van der Waals surface area contributed by atoms with E-state index in [1.807, 2.05) is 0 Å². The molecule has 0 spiro atoms. The number of carboxylic acid groups (broad SMARTS) is 1. The lowest BCUT2D eigenvalue weighted by atomic mass is 10.2. The third kappa shape index (κ3) is 4.03. The molecule has 3 rings (SSSR count). The standard InChI is InChI=1S/C15H11F3N4O5S/c1-28(25,26)9-4-2-3-8(5-9)13-19-14(27-21-13)10-6-11(15(16,17)18)20-22(10)7-12(23)24/h2-6H,7H2,1H3,(H,23,24). The number of aliphatic carboxylic acids is 1. The number of benzene rings is 1. The van der Waals surface area contributed by atoms with Gasteiger partial charge in [-0.25, -0.2) is 13.1 Å². The third-order valence-corrected chi connectivity index (χ3v) is 4.63. The van der Waals surface area contributed by atoms with Gasteiger partial charge in [-0.1, -0.05) is 17.3 Å². The minimum atomic E-state index is -4.80. The number of sulfone groups is 1. The normalized spacial score (nSPS) is 12.3. The smallest absolute Gasteiger partial charge is 0.435 e. The van der Waals surface area contributed by atoms with Gasteiger partial charge in [0, 0.05) is 17.9 Å². The van der Waals surface area contributed by atoms with Gasteiger partial charge in [-0.05, 0) is 12.1 Å². The monoisotopic (exact) mass is 416 g/mol. The molecule has 0 amide bonds. The molecule has 0 radical (unpaired) electrons. The maximum atomic E-state index is 12.9. The molecule has 0 saturated carbocycles. The lowest BCUT2D eigenvalue weighted by Gasteiger charge is -2.01. The van der Waals surface area contributed by atoms with Crippen LogP contribution in [-0.4, -0.2) is 45.7 Å². The van der Waals surface area contributed by atoms with E-state index in [0.29, 0.717) is 10.7 Å². The molecule has 1 aromatic carbocycles. The van der Waals surface area contributed by atoms with Crippen LogP contribution in [0, 0.1) is 0 Å². The largest absolute Gasteiger partial charge is 0.480 e. The average molecular weight is 416 g/mol. The Hall–Kier alpha value is -3.22. The van der Waals surface area contributed by atoms with Crippen molar-refractivity contribution >= 4 is 15.8 Å². The molecule has 3 aromatic rings. The summed E-state index contributed by atoms with van der Waals surface area (Å²) in [5, 5.41) is 15.7. The van der Waals surface area contributed by atoms with Gasteiger partial charge in [-0.15, -0.1) is 0 Å². The molecule has 0 aliphatic heterocycles. The molecular weight excluding hydrogens is 405 g/mol. The summed E-state index contributed by atoms with van der Waals surface area (Å²) in [6.45, 7) is -0.854. The van der Waals surface area contributed by atoms with E-state index in [1.54, 1.807) is 0 Å². The Morgan fingerprint density at radius 2 is 2.00 bits per heavy atom. The molecule has 148 valence electrons. The van der Waals surface area contributed by atoms with E-state index in [4.69, 9.17) is 9.63 Å². The number of rotatable bonds is 5. The van der Waals surface area contributed by atoms with Crippen LogP contribution in [0.25, 0.3) is 23.0 Å². The summed E-state index contributed by atoms with van der Waals surface area (Å²) in [4.78, 5) is 14.8. The van der Waals surface area contributed by atoms with Gasteiger partial charge in [0.25, 0.3) is 5.89 Å². The van der Waals surface area contributed by atoms with Gasteiger partial charge in [0.1, 0.15) is 12.2 Å². The fourth-order valence-electron chi connectivity index (χ4n) is 2.29. The van der Waals surface area contributed by atoms with Crippen molar-refractivity contribution in [2.75, 3.05) is 6.26 Å². The van der Waals surface area contributed by atoms with Crippen molar-refractivity contribution < 1.29 is 36.0 Å². The predicted molar refractivity (Wildman–Crippen MR) is 86.7 cm³/mol. The Morgan fingerprint density at radius 1 is 1.29 bits per heavy atom. The van der Waals surface area contributed by atoms with Crippen molar-refractivity contribution in [3.63, 3.8) is 0 Å². The molecule has 0 fully saturated rings. The summed E-state index contributed by atoms with van der Waals surface area (Å²) < 4.78 is 67.6. The molecule has 2 heterocycles. The van der Waals surface area contributed by atoms with Crippen molar-refractivity contribution in [3.8, 4) is 23.0 Å². The number of nitrogens with zero attached hydrogens (tertiary/aromatic N) is 4. The molecule has 0 aliphatic rings. The van der Waals surface area contributed by atoms with Crippen LogP contribution < -0.4 is 0 Å². The number of aromatic nitrogens is 4. The molecular formula is C15H11F3N4O5S. The summed E-state index contributed by atoms with van der Waals surface area (Å²) in [5.41, 5.74) is -1.41. The predicted octanol–water partition coefficient (Wildman–Crippen LogP) is 2.11. The number of hydrogen-bond donors (Lipinski definition) is 1. The topological polar surface area (TPSA) is 128 Å². The Kier molecular flexibility index (Phi) is 4.71. The third-order valence-electron chi connectivity index (χ3n) is 3.52. The summed E-state index contributed by atoms with van der Waals surface area (Å²) in [6, 6.07) is 6.15. The SMILES string of the molecule is CS(=O)(=O)c1cccc(-c2noc(-c3cc(C(F)(F)F)nn3CC(=O)O)n2)c1. The maximum absolute atomic E-state index is 12.9. The van der Waals surface area contributed by atoms with Crippen molar-refractivity contribution in [1.82, 2.24) is 19.9 Å². The zero-order valence-electron chi connectivity index (χ0n) is 14.0. The van der Waals surface area contributed by atoms with Gasteiger partial charge in [0.05, 0.1) is 4.90 Å². The molecule has 0 saturated heterocycles. The van der Waals surface area contributed by atoms with Crippen molar-refractivity contribution in [1.29, 1.82) is 0 Å². The first kappa shape index (κ1) is 19.5. The zero-order valence-corrected chi connectivity index (χ0v) is 14.8. The fourth-order valence-corrected chi connectivity index (χ4v) is 2.95. The number of carbonyl (C=O) groups is 1. The minimum absolute atomic E-state index is 0.00775. The number of carboxylic acids is 1. The minimum Gasteiger partial charge on any atom is -0.480 e. The summed E-state index contributed by atoms with van der Waals surface area (Å²) in [6.07, 6.45) is -3.79. The Morgan fingerprint density at radius 3 is 2.61 bits per heavy atom. The molecule has 0 atom stereocenters. The molecule has 28 heavy (non-hydrogen) atoms. The maximum Gasteiger partial charge on any atom is 0.435 e. The highest BCUT2D eigenvalue weighted by Gasteiger charge is 2.36. The van der Waals surface area contributed by atoms with Gasteiger partial charge in [0.15, 0.2) is 15.5 Å². The molecule has 0 bridgehead atoms. The average Bonchev–Trinajstić information content (AvgIpc) is 3.20. The van der Waals surface area contributed by atoms with Gasteiger partial charge >= 0.3 is 12.1 Å². The van der Waals surface area contributed by atoms with Crippen LogP contribution >= 0.6 is 0 Å². The molecule has 2 aromatic heterocycles. The molecule has 9 nitrogen and oxygen atoms in total. The van der Waals surface area contributed by atoms with Crippen LogP contribution in [0.2, 0.25) is 0 Å². The summed E-state index contributed by atoms with van der Waals surface area (Å²) in [7, 11) is -3.50. The van der Waals surface area contributed by atoms with Crippen LogP contribution in [-0.2, 0) is 27.4 Å². The molecule has 13 heteroatoms. The first-order valence-electron chi connectivity index (χ1n) is 7.46. The summed E-state index contributed by atoms with van der Waals surface area (Å²) in [5.74, 6) is -1.90. The van der Waals surface area contributed by atoms with E-state index in [9.17, 15) is 26.4 Å². The van der Waals surface area contributed by atoms with Crippen molar-refractivity contribution in [2.45, 2.75) is 17.6 Å². The molecule has 0 unspecified atom stereocenters. The van der Waals surface area contributed by atoms with Gasteiger partial charge in [0.2, 0.25) is 5.82 Å². The summed E-state index contributed by atoms with van der Waals surface area (Å²) >= 11 is 0. The second-order valence-electron chi connectivity index (χ2n) is 5.69. The Labute approximate surface area is 155 Å². The van der Waals surface area contributed by atoms with Crippen LogP contribution in [0.5, 0.6) is 0 Å². The van der Waals surface area contributed by atoms with Crippen molar-refractivity contribution in [3.05, 3.63) is 36.0 Å². The van der Waals surface area contributed by atoms with E-state index in [1.165, 1.54) is 24.3 Å². The lowest BCUT2D eigenvalue weighted by Crippen LogP contribution is -2.13. The Balaban J connectivity index is 2.05. The first-order valence-corrected chi connectivity index (χ1v) is 9.36.